The van der Waals surface area contributed by atoms with Crippen LogP contribution in [0.25, 0.3) is 11.0 Å². The molecule has 156 valence electrons. The van der Waals surface area contributed by atoms with Gasteiger partial charge in [0.25, 0.3) is 0 Å². The number of benzene rings is 3. The summed E-state index contributed by atoms with van der Waals surface area (Å²) in [4.78, 5) is 13.4. The molecule has 5 rings (SSSR count). The molecule has 4 aromatic rings. The third-order valence-corrected chi connectivity index (χ3v) is 5.53. The molecule has 1 aliphatic heterocycles. The standard InChI is InChI=1S/C27H24O4/c1-17-11-18(2)13-20(12-17)26(28)27-24(23-5-3-4-6-25(23)31-27)14-19-7-9-21(10-8-19)29-15-22-16-30-22/h3-13,22H,14-16H2,1-2H3. The van der Waals surface area contributed by atoms with E-state index in [4.69, 9.17) is 13.9 Å². The number of carbonyl (C=O) groups is 1. The molecule has 0 bridgehead atoms. The molecule has 4 nitrogen and oxygen atoms in total. The summed E-state index contributed by atoms with van der Waals surface area (Å²) in [6.07, 6.45) is 0.838. The Labute approximate surface area is 181 Å². The molecule has 0 aliphatic carbocycles. The summed E-state index contributed by atoms with van der Waals surface area (Å²) in [6, 6.07) is 21.7. The van der Waals surface area contributed by atoms with E-state index in [-0.39, 0.29) is 11.9 Å². The van der Waals surface area contributed by atoms with Crippen LogP contribution in [0.2, 0.25) is 0 Å². The van der Waals surface area contributed by atoms with Gasteiger partial charge in [0.05, 0.1) is 6.61 Å². The smallest absolute Gasteiger partial charge is 0.228 e. The largest absolute Gasteiger partial charge is 0.491 e. The molecule has 1 aromatic heterocycles. The fourth-order valence-electron chi connectivity index (χ4n) is 3.96. The van der Waals surface area contributed by atoms with E-state index in [1.54, 1.807) is 0 Å². The van der Waals surface area contributed by atoms with E-state index in [1.807, 2.05) is 74.5 Å². The summed E-state index contributed by atoms with van der Waals surface area (Å²) in [6.45, 7) is 5.37. The zero-order chi connectivity index (χ0) is 21.4. The Bertz CT molecular complexity index is 1230. The lowest BCUT2D eigenvalue weighted by Gasteiger charge is -2.07. The molecule has 1 saturated heterocycles. The van der Waals surface area contributed by atoms with Gasteiger partial charge in [-0.25, -0.2) is 0 Å². The number of ketones is 1. The van der Waals surface area contributed by atoms with Gasteiger partial charge in [-0.15, -0.1) is 0 Å². The number of aryl methyl sites for hydroxylation is 2. The molecule has 1 atom stereocenters. The van der Waals surface area contributed by atoms with Crippen LogP contribution in [0.4, 0.5) is 0 Å². The molecule has 0 radical (unpaired) electrons. The molecule has 0 saturated carbocycles. The van der Waals surface area contributed by atoms with Crippen LogP contribution < -0.4 is 4.74 Å². The van der Waals surface area contributed by atoms with Crippen molar-refractivity contribution in [2.45, 2.75) is 26.4 Å². The second-order valence-corrected chi connectivity index (χ2v) is 8.20. The fraction of sp³-hybridized carbons (Fsp3) is 0.222. The van der Waals surface area contributed by atoms with Gasteiger partial charge in [0.2, 0.25) is 5.78 Å². The van der Waals surface area contributed by atoms with Gasteiger partial charge in [-0.3, -0.25) is 4.79 Å². The molecule has 1 unspecified atom stereocenters. The summed E-state index contributed by atoms with van der Waals surface area (Å²) >= 11 is 0. The highest BCUT2D eigenvalue weighted by Gasteiger charge is 2.24. The molecule has 2 heterocycles. The normalized spacial score (nSPS) is 15.2. The lowest BCUT2D eigenvalue weighted by molar-refractivity contribution is 0.101. The van der Waals surface area contributed by atoms with Crippen LogP contribution in [-0.2, 0) is 11.2 Å². The Morgan fingerprint density at radius 2 is 1.71 bits per heavy atom. The first-order valence-electron chi connectivity index (χ1n) is 10.5. The van der Waals surface area contributed by atoms with Crippen LogP contribution in [-0.4, -0.2) is 25.1 Å². The summed E-state index contributed by atoms with van der Waals surface area (Å²) in [7, 11) is 0. The molecular weight excluding hydrogens is 388 g/mol. The summed E-state index contributed by atoms with van der Waals surface area (Å²) in [5, 5.41) is 0.974. The molecule has 1 fully saturated rings. The van der Waals surface area contributed by atoms with Crippen LogP contribution in [0.1, 0.15) is 38.4 Å². The molecule has 0 spiro atoms. The van der Waals surface area contributed by atoms with Crippen molar-refractivity contribution < 1.29 is 18.7 Å². The summed E-state index contributed by atoms with van der Waals surface area (Å²) in [5.74, 6) is 1.16. The van der Waals surface area contributed by atoms with Gasteiger partial charge in [-0.1, -0.05) is 47.5 Å². The van der Waals surface area contributed by atoms with E-state index in [9.17, 15) is 4.79 Å². The second-order valence-electron chi connectivity index (χ2n) is 8.20. The van der Waals surface area contributed by atoms with Gasteiger partial charge >= 0.3 is 0 Å². The number of fused-ring (bicyclic) bond motifs is 1. The van der Waals surface area contributed by atoms with Crippen molar-refractivity contribution in [2.75, 3.05) is 13.2 Å². The highest BCUT2D eigenvalue weighted by molar-refractivity contribution is 6.10. The Kier molecular flexibility index (Phi) is 5.08. The van der Waals surface area contributed by atoms with Gasteiger partial charge in [-0.2, -0.15) is 0 Å². The van der Waals surface area contributed by atoms with Crippen molar-refractivity contribution in [2.24, 2.45) is 0 Å². The van der Waals surface area contributed by atoms with Gasteiger partial charge < -0.3 is 13.9 Å². The predicted octanol–water partition coefficient (Wildman–Crippen LogP) is 5.65. The lowest BCUT2D eigenvalue weighted by Crippen LogP contribution is -2.05. The van der Waals surface area contributed by atoms with Crippen molar-refractivity contribution in [1.82, 2.24) is 0 Å². The average molecular weight is 412 g/mol. The number of furan rings is 1. The number of epoxide rings is 1. The van der Waals surface area contributed by atoms with Crippen molar-refractivity contribution in [1.29, 1.82) is 0 Å². The number of hydrogen-bond acceptors (Lipinski definition) is 4. The number of ether oxygens (including phenoxy) is 2. The predicted molar refractivity (Wildman–Crippen MR) is 120 cm³/mol. The zero-order valence-electron chi connectivity index (χ0n) is 17.7. The maximum absolute atomic E-state index is 13.4. The van der Waals surface area contributed by atoms with Gasteiger partial charge in [-0.05, 0) is 49.7 Å². The number of carbonyl (C=O) groups excluding carboxylic acids is 1. The van der Waals surface area contributed by atoms with Crippen molar-refractivity contribution >= 4 is 16.8 Å². The number of para-hydroxylation sites is 1. The number of hydrogen-bond donors (Lipinski definition) is 0. The van der Waals surface area contributed by atoms with E-state index < -0.39 is 0 Å². The van der Waals surface area contributed by atoms with Gasteiger partial charge in [0.1, 0.15) is 24.0 Å². The minimum Gasteiger partial charge on any atom is -0.491 e. The highest BCUT2D eigenvalue weighted by atomic mass is 16.6. The van der Waals surface area contributed by atoms with Crippen molar-refractivity contribution in [3.05, 3.63) is 100 Å². The molecular formula is C27H24O4. The minimum absolute atomic E-state index is 0.0811. The minimum atomic E-state index is -0.0811. The third kappa shape index (κ3) is 4.25. The summed E-state index contributed by atoms with van der Waals surface area (Å²) < 4.78 is 17.0. The fourth-order valence-corrected chi connectivity index (χ4v) is 3.96. The Balaban J connectivity index is 1.48. The van der Waals surface area contributed by atoms with Crippen LogP contribution in [0, 0.1) is 13.8 Å². The molecule has 0 N–H and O–H groups in total. The monoisotopic (exact) mass is 412 g/mol. The van der Waals surface area contributed by atoms with E-state index in [0.717, 1.165) is 45.6 Å². The summed E-state index contributed by atoms with van der Waals surface area (Å²) in [5.41, 5.74) is 5.52. The molecule has 3 aromatic carbocycles. The van der Waals surface area contributed by atoms with Crippen LogP contribution >= 0.6 is 0 Å². The topological polar surface area (TPSA) is 52.0 Å². The first kappa shape index (κ1) is 19.6. The quantitative estimate of drug-likeness (QED) is 0.291. The van der Waals surface area contributed by atoms with E-state index in [2.05, 4.69) is 6.07 Å². The first-order chi connectivity index (χ1) is 15.1. The van der Waals surface area contributed by atoms with Gasteiger partial charge in [0, 0.05) is 22.9 Å². The molecule has 4 heteroatoms. The Hall–Kier alpha value is -3.37. The van der Waals surface area contributed by atoms with Crippen LogP contribution in [0.3, 0.4) is 0 Å². The second kappa shape index (κ2) is 8.05. The van der Waals surface area contributed by atoms with E-state index >= 15 is 0 Å². The van der Waals surface area contributed by atoms with Crippen molar-refractivity contribution in [3.8, 4) is 5.75 Å². The number of rotatable bonds is 7. The van der Waals surface area contributed by atoms with Crippen LogP contribution in [0.5, 0.6) is 5.75 Å². The van der Waals surface area contributed by atoms with Crippen molar-refractivity contribution in [3.63, 3.8) is 0 Å². The first-order valence-corrected chi connectivity index (χ1v) is 10.5. The maximum atomic E-state index is 13.4. The Morgan fingerprint density at radius 3 is 2.42 bits per heavy atom. The molecule has 0 amide bonds. The average Bonchev–Trinajstić information content (AvgIpc) is 3.53. The SMILES string of the molecule is Cc1cc(C)cc(C(=O)c2oc3ccccc3c2Cc2ccc(OCC3CO3)cc2)c1. The third-order valence-electron chi connectivity index (χ3n) is 5.53. The van der Waals surface area contributed by atoms with E-state index in [0.29, 0.717) is 24.4 Å². The molecule has 31 heavy (non-hydrogen) atoms. The maximum Gasteiger partial charge on any atom is 0.228 e. The van der Waals surface area contributed by atoms with E-state index in [1.165, 1.54) is 0 Å². The Morgan fingerprint density at radius 1 is 1.00 bits per heavy atom. The van der Waals surface area contributed by atoms with Gasteiger partial charge in [0.15, 0.2) is 5.76 Å². The lowest BCUT2D eigenvalue weighted by atomic mass is 9.96. The van der Waals surface area contributed by atoms with Crippen LogP contribution in [0.15, 0.2) is 71.1 Å². The zero-order valence-corrected chi connectivity index (χ0v) is 17.7. The molecule has 1 aliphatic rings. The highest BCUT2D eigenvalue weighted by Crippen LogP contribution is 2.30.